The van der Waals surface area contributed by atoms with Crippen LogP contribution in [0.5, 0.6) is 5.75 Å². The number of carbonyl (C=O) groups is 2. The van der Waals surface area contributed by atoms with Gasteiger partial charge in [0.1, 0.15) is 5.75 Å². The fourth-order valence-electron chi connectivity index (χ4n) is 3.26. The number of rotatable bonds is 4. The van der Waals surface area contributed by atoms with E-state index in [1.807, 2.05) is 42.5 Å². The second-order valence-corrected chi connectivity index (χ2v) is 7.22. The molecule has 0 saturated heterocycles. The van der Waals surface area contributed by atoms with Gasteiger partial charge in [0, 0.05) is 15.7 Å². The maximum atomic E-state index is 12.7. The van der Waals surface area contributed by atoms with Gasteiger partial charge in [0.15, 0.2) is 0 Å². The predicted octanol–water partition coefficient (Wildman–Crippen LogP) is 4.87. The van der Waals surface area contributed by atoms with Crippen molar-refractivity contribution < 1.29 is 14.3 Å². The van der Waals surface area contributed by atoms with Crippen molar-refractivity contribution >= 4 is 39.1 Å². The minimum atomic E-state index is -0.268. The van der Waals surface area contributed by atoms with E-state index < -0.39 is 0 Å². The van der Waals surface area contributed by atoms with Gasteiger partial charge >= 0.3 is 0 Å². The summed E-state index contributed by atoms with van der Waals surface area (Å²) >= 11 is 3.50. The number of halogens is 1. The summed E-state index contributed by atoms with van der Waals surface area (Å²) < 4.78 is 5.94. The van der Waals surface area contributed by atoms with Gasteiger partial charge in [-0.25, -0.2) is 0 Å². The van der Waals surface area contributed by atoms with E-state index in [2.05, 4.69) is 21.2 Å². The zero-order valence-electron chi connectivity index (χ0n) is 15.1. The highest BCUT2D eigenvalue weighted by molar-refractivity contribution is 9.10. The highest BCUT2D eigenvalue weighted by atomic mass is 79.9. The normalized spacial score (nSPS) is 12.6. The van der Waals surface area contributed by atoms with Gasteiger partial charge in [-0.15, -0.1) is 0 Å². The Balaban J connectivity index is 1.56. The molecule has 1 N–H and O–H groups in total. The first-order chi connectivity index (χ1) is 13.6. The smallest absolute Gasteiger partial charge is 0.259 e. The molecule has 0 spiro atoms. The molecule has 2 amide bonds. The van der Waals surface area contributed by atoms with Crippen LogP contribution in [0.1, 0.15) is 26.3 Å². The number of amides is 2. The molecule has 0 bridgehead atoms. The Morgan fingerprint density at radius 3 is 2.57 bits per heavy atom. The molecule has 5 nitrogen and oxygen atoms in total. The number of fused-ring (bicyclic) bond motifs is 1. The maximum absolute atomic E-state index is 12.7. The molecule has 0 aromatic heterocycles. The SMILES string of the molecule is COc1ccccc1C(=O)Nc1ccc(N2Cc3ccccc3C2=O)cc1Br. The maximum Gasteiger partial charge on any atom is 0.259 e. The zero-order valence-corrected chi connectivity index (χ0v) is 16.7. The summed E-state index contributed by atoms with van der Waals surface area (Å²) in [5.74, 6) is 0.219. The molecule has 4 rings (SSSR count). The fourth-order valence-corrected chi connectivity index (χ4v) is 3.72. The Kier molecular flexibility index (Phi) is 4.88. The molecule has 0 saturated carbocycles. The minimum Gasteiger partial charge on any atom is -0.496 e. The lowest BCUT2D eigenvalue weighted by Gasteiger charge is -2.18. The second-order valence-electron chi connectivity index (χ2n) is 6.37. The predicted molar refractivity (Wildman–Crippen MR) is 112 cm³/mol. The number of hydrogen-bond donors (Lipinski definition) is 1. The third-order valence-corrected chi connectivity index (χ3v) is 5.34. The van der Waals surface area contributed by atoms with Gasteiger partial charge in [-0.1, -0.05) is 30.3 Å². The Hall–Kier alpha value is -3.12. The summed E-state index contributed by atoms with van der Waals surface area (Å²) in [6.07, 6.45) is 0. The molecule has 6 heteroatoms. The van der Waals surface area contributed by atoms with Crippen LogP contribution in [-0.4, -0.2) is 18.9 Å². The molecule has 0 aliphatic carbocycles. The fraction of sp³-hybridized carbons (Fsp3) is 0.0909. The van der Waals surface area contributed by atoms with Gasteiger partial charge in [0.25, 0.3) is 11.8 Å². The number of para-hydroxylation sites is 1. The zero-order chi connectivity index (χ0) is 19.7. The van der Waals surface area contributed by atoms with Crippen LogP contribution in [0.3, 0.4) is 0 Å². The molecular weight excluding hydrogens is 420 g/mol. The molecule has 1 heterocycles. The molecular formula is C22H17BrN2O3. The summed E-state index contributed by atoms with van der Waals surface area (Å²) in [5.41, 5.74) is 3.57. The van der Waals surface area contributed by atoms with Crippen molar-refractivity contribution in [3.05, 3.63) is 87.9 Å². The summed E-state index contributed by atoms with van der Waals surface area (Å²) in [7, 11) is 1.53. The van der Waals surface area contributed by atoms with Crippen LogP contribution in [0, 0.1) is 0 Å². The molecule has 1 aliphatic rings. The lowest BCUT2D eigenvalue weighted by atomic mass is 10.1. The monoisotopic (exact) mass is 436 g/mol. The van der Waals surface area contributed by atoms with Gasteiger partial charge in [-0.3, -0.25) is 9.59 Å². The number of hydrogen-bond acceptors (Lipinski definition) is 3. The molecule has 3 aromatic rings. The van der Waals surface area contributed by atoms with Crippen molar-refractivity contribution in [2.45, 2.75) is 6.54 Å². The third-order valence-electron chi connectivity index (χ3n) is 4.69. The van der Waals surface area contributed by atoms with E-state index in [9.17, 15) is 9.59 Å². The Bertz CT molecular complexity index is 1080. The minimum absolute atomic E-state index is 0.0201. The largest absolute Gasteiger partial charge is 0.496 e. The summed E-state index contributed by atoms with van der Waals surface area (Å²) in [6, 6.07) is 20.1. The van der Waals surface area contributed by atoms with Crippen molar-refractivity contribution in [1.29, 1.82) is 0 Å². The quantitative estimate of drug-likeness (QED) is 0.634. The van der Waals surface area contributed by atoms with Crippen molar-refractivity contribution in [1.82, 2.24) is 0 Å². The number of nitrogens with one attached hydrogen (secondary N) is 1. The molecule has 0 fully saturated rings. The molecule has 0 unspecified atom stereocenters. The van der Waals surface area contributed by atoms with Crippen molar-refractivity contribution in [3.8, 4) is 5.75 Å². The Morgan fingerprint density at radius 2 is 1.82 bits per heavy atom. The van der Waals surface area contributed by atoms with E-state index in [1.165, 1.54) is 7.11 Å². The van der Waals surface area contributed by atoms with Crippen LogP contribution in [-0.2, 0) is 6.54 Å². The lowest BCUT2D eigenvalue weighted by molar-refractivity contribution is 0.0994. The van der Waals surface area contributed by atoms with E-state index >= 15 is 0 Å². The van der Waals surface area contributed by atoms with Crippen molar-refractivity contribution in [3.63, 3.8) is 0 Å². The standard InChI is InChI=1S/C22H17BrN2O3/c1-28-20-9-5-4-8-17(20)21(26)24-19-11-10-15(12-18(19)23)25-13-14-6-2-3-7-16(14)22(25)27/h2-12H,13H2,1H3,(H,24,26). The first kappa shape index (κ1) is 18.3. The van der Waals surface area contributed by atoms with E-state index in [4.69, 9.17) is 4.74 Å². The number of carbonyl (C=O) groups excluding carboxylic acids is 2. The van der Waals surface area contributed by atoms with Crippen molar-refractivity contribution in [2.75, 3.05) is 17.3 Å². The van der Waals surface area contributed by atoms with Crippen LogP contribution in [0.25, 0.3) is 0 Å². The Labute approximate surface area is 171 Å². The van der Waals surface area contributed by atoms with Crippen LogP contribution in [0.15, 0.2) is 71.2 Å². The number of benzene rings is 3. The van der Waals surface area contributed by atoms with Crippen LogP contribution >= 0.6 is 15.9 Å². The van der Waals surface area contributed by atoms with Gasteiger partial charge in [-0.2, -0.15) is 0 Å². The Morgan fingerprint density at radius 1 is 1.07 bits per heavy atom. The molecule has 28 heavy (non-hydrogen) atoms. The summed E-state index contributed by atoms with van der Waals surface area (Å²) in [5, 5.41) is 2.88. The molecule has 0 radical (unpaired) electrons. The average Bonchev–Trinajstić information content (AvgIpc) is 3.06. The number of methoxy groups -OCH3 is 1. The van der Waals surface area contributed by atoms with E-state index in [0.29, 0.717) is 28.0 Å². The van der Waals surface area contributed by atoms with Crippen molar-refractivity contribution in [2.24, 2.45) is 0 Å². The molecule has 140 valence electrons. The van der Waals surface area contributed by atoms with Crippen LogP contribution < -0.4 is 15.0 Å². The molecule has 3 aromatic carbocycles. The van der Waals surface area contributed by atoms with Crippen LogP contribution in [0.2, 0.25) is 0 Å². The topological polar surface area (TPSA) is 58.6 Å². The van der Waals surface area contributed by atoms with E-state index in [0.717, 1.165) is 16.8 Å². The van der Waals surface area contributed by atoms with E-state index in [1.54, 1.807) is 29.2 Å². The number of nitrogens with zero attached hydrogens (tertiary/aromatic N) is 1. The second kappa shape index (κ2) is 7.48. The summed E-state index contributed by atoms with van der Waals surface area (Å²) in [6.45, 7) is 0.536. The van der Waals surface area contributed by atoms with Gasteiger partial charge in [0.2, 0.25) is 0 Å². The highest BCUT2D eigenvalue weighted by Crippen LogP contribution is 2.33. The third kappa shape index (κ3) is 3.27. The average molecular weight is 437 g/mol. The first-order valence-electron chi connectivity index (χ1n) is 8.72. The van der Waals surface area contributed by atoms with Gasteiger partial charge < -0.3 is 15.0 Å². The van der Waals surface area contributed by atoms with E-state index in [-0.39, 0.29) is 11.8 Å². The molecule has 1 aliphatic heterocycles. The highest BCUT2D eigenvalue weighted by Gasteiger charge is 2.28. The number of ether oxygens (including phenoxy) is 1. The number of anilines is 2. The molecule has 0 atom stereocenters. The summed E-state index contributed by atoms with van der Waals surface area (Å²) in [4.78, 5) is 27.0. The van der Waals surface area contributed by atoms with Gasteiger partial charge in [-0.05, 0) is 57.9 Å². The lowest BCUT2D eigenvalue weighted by Crippen LogP contribution is -2.23. The van der Waals surface area contributed by atoms with Crippen LogP contribution in [0.4, 0.5) is 11.4 Å². The van der Waals surface area contributed by atoms with Gasteiger partial charge in [0.05, 0.1) is 24.9 Å². The first-order valence-corrected chi connectivity index (χ1v) is 9.51.